The van der Waals surface area contributed by atoms with E-state index < -0.39 is 0 Å². The second-order valence-corrected chi connectivity index (χ2v) is 12.8. The van der Waals surface area contributed by atoms with E-state index in [1.165, 1.54) is 0 Å². The zero-order valence-electron chi connectivity index (χ0n) is 31.0. The van der Waals surface area contributed by atoms with Crippen molar-refractivity contribution in [2.45, 2.75) is 0 Å². The Morgan fingerprint density at radius 1 is 0.281 bits per heavy atom. The summed E-state index contributed by atoms with van der Waals surface area (Å²) in [4.78, 5) is 6.01. The minimum Gasteiger partial charge on any atom is -0.317 e. The molecule has 0 aromatic heterocycles. The van der Waals surface area contributed by atoms with Gasteiger partial charge in [0.1, 0.15) is 18.2 Å². The summed E-state index contributed by atoms with van der Waals surface area (Å²) in [6.45, 7) is 0. The minimum atomic E-state index is 0.206. The number of para-hydroxylation sites is 6. The Morgan fingerprint density at radius 2 is 0.456 bits per heavy atom. The van der Waals surface area contributed by atoms with Crippen molar-refractivity contribution in [3.8, 4) is 18.2 Å². The topological polar surface area (TPSA) is 81.1 Å². The monoisotopic (exact) mass is 732 g/mol. The summed E-state index contributed by atoms with van der Waals surface area (Å²) in [5.41, 5.74) is 7.19. The zero-order valence-corrected chi connectivity index (χ0v) is 31.0. The molecule has 0 aliphatic carbocycles. The largest absolute Gasteiger partial charge is 0.317 e. The van der Waals surface area contributed by atoms with Gasteiger partial charge < -0.3 is 14.7 Å². The van der Waals surface area contributed by atoms with Crippen LogP contribution in [0.15, 0.2) is 201 Å². The van der Waals surface area contributed by atoms with Crippen molar-refractivity contribution in [2.24, 2.45) is 0 Å². The van der Waals surface area contributed by atoms with E-state index in [-0.39, 0.29) is 16.7 Å². The third kappa shape index (κ3) is 8.40. The van der Waals surface area contributed by atoms with Crippen LogP contribution in [-0.2, 0) is 0 Å². The van der Waals surface area contributed by atoms with Crippen LogP contribution in [0.4, 0.5) is 34.1 Å². The molecular formula is C51H36N6. The van der Waals surface area contributed by atoms with Gasteiger partial charge in [0.05, 0.1) is 16.7 Å². The van der Waals surface area contributed by atoms with Gasteiger partial charge in [-0.25, -0.2) is 0 Å². The fourth-order valence-electron chi connectivity index (χ4n) is 6.61. The lowest BCUT2D eigenvalue weighted by Gasteiger charge is -2.23. The molecule has 7 aromatic carbocycles. The molecule has 0 atom stereocenters. The van der Waals surface area contributed by atoms with Gasteiger partial charge in [-0.15, -0.1) is 0 Å². The predicted octanol–water partition coefficient (Wildman–Crippen LogP) is 12.7. The van der Waals surface area contributed by atoms with Crippen molar-refractivity contribution in [3.05, 3.63) is 234 Å². The molecule has 0 fully saturated rings. The Morgan fingerprint density at radius 3 is 0.614 bits per heavy atom. The standard InChI is InChI=1S/C51H36N6/c52-37-49-46(31-34-55(40-19-7-1-8-20-40)41-21-9-2-10-22-41)50(38-53)48(33-36-57(44-27-15-5-16-28-44)45-29-17-6-18-30-45)51(39-54)47(49)32-35-56(42-23-11-3-12-24-42)43-25-13-4-14-26-43/h1-36H/b34-31+,35-32+,36-33+. The summed E-state index contributed by atoms with van der Waals surface area (Å²) in [6, 6.07) is 66.4. The van der Waals surface area contributed by atoms with Crippen molar-refractivity contribution in [1.29, 1.82) is 15.8 Å². The highest BCUT2D eigenvalue weighted by Gasteiger charge is 2.22. The molecule has 7 aromatic rings. The first kappa shape index (κ1) is 37.0. The Hall–Kier alpha value is -8.37. The first-order chi connectivity index (χ1) is 28.2. The van der Waals surface area contributed by atoms with Crippen LogP contribution >= 0.6 is 0 Å². The van der Waals surface area contributed by atoms with Gasteiger partial charge in [-0.2, -0.15) is 15.8 Å². The van der Waals surface area contributed by atoms with Crippen molar-refractivity contribution in [1.82, 2.24) is 0 Å². The maximum Gasteiger partial charge on any atom is 0.100 e. The van der Waals surface area contributed by atoms with Gasteiger partial charge in [-0.1, -0.05) is 109 Å². The van der Waals surface area contributed by atoms with Crippen molar-refractivity contribution in [3.63, 3.8) is 0 Å². The maximum absolute atomic E-state index is 11.0. The highest BCUT2D eigenvalue weighted by Crippen LogP contribution is 2.35. The molecule has 0 radical (unpaired) electrons. The van der Waals surface area contributed by atoms with Crippen LogP contribution in [0.1, 0.15) is 33.4 Å². The summed E-state index contributed by atoms with van der Waals surface area (Å²) < 4.78 is 0. The van der Waals surface area contributed by atoms with Crippen LogP contribution in [0.2, 0.25) is 0 Å². The normalized spacial score (nSPS) is 10.9. The van der Waals surface area contributed by atoms with E-state index in [1.54, 1.807) is 18.2 Å². The van der Waals surface area contributed by atoms with Crippen LogP contribution in [0.5, 0.6) is 0 Å². The molecule has 0 saturated heterocycles. The molecule has 0 aliphatic rings. The van der Waals surface area contributed by atoms with Gasteiger partial charge in [0.25, 0.3) is 0 Å². The van der Waals surface area contributed by atoms with Crippen LogP contribution in [0.25, 0.3) is 18.2 Å². The molecule has 0 aliphatic heterocycles. The molecule has 0 spiro atoms. The van der Waals surface area contributed by atoms with Gasteiger partial charge in [0.15, 0.2) is 0 Å². The summed E-state index contributed by atoms with van der Waals surface area (Å²) in [7, 11) is 0. The fourth-order valence-corrected chi connectivity index (χ4v) is 6.61. The third-order valence-electron chi connectivity index (χ3n) is 9.33. The Balaban J connectivity index is 1.47. The average Bonchev–Trinajstić information content (AvgIpc) is 3.28. The number of benzene rings is 7. The molecule has 0 saturated carbocycles. The number of rotatable bonds is 12. The molecule has 0 unspecified atom stereocenters. The smallest absolute Gasteiger partial charge is 0.100 e. The number of nitrogens with zero attached hydrogens (tertiary/aromatic N) is 6. The molecule has 270 valence electrons. The number of anilines is 6. The van der Waals surface area contributed by atoms with E-state index >= 15 is 0 Å². The van der Waals surface area contributed by atoms with Crippen LogP contribution in [0, 0.1) is 34.0 Å². The molecule has 0 heterocycles. The van der Waals surface area contributed by atoms with Crippen molar-refractivity contribution >= 4 is 52.4 Å². The number of hydrogen-bond acceptors (Lipinski definition) is 6. The molecule has 6 heteroatoms. The van der Waals surface area contributed by atoms with Crippen LogP contribution in [-0.4, -0.2) is 0 Å². The second kappa shape index (κ2) is 18.1. The van der Waals surface area contributed by atoms with Gasteiger partial charge in [0, 0.05) is 69.4 Å². The SMILES string of the molecule is N#Cc1c(/C=C/N(c2ccccc2)c2ccccc2)c(C#N)c(/C=C/N(c2ccccc2)c2ccccc2)c(C#N)c1/C=C/N(c1ccccc1)c1ccccc1. The molecule has 0 bridgehead atoms. The van der Waals surface area contributed by atoms with Gasteiger partial charge >= 0.3 is 0 Å². The summed E-state index contributed by atoms with van der Waals surface area (Å²) in [5.74, 6) is 0. The molecule has 6 nitrogen and oxygen atoms in total. The Bertz CT molecular complexity index is 2200. The lowest BCUT2D eigenvalue weighted by atomic mass is 9.87. The lowest BCUT2D eigenvalue weighted by molar-refractivity contribution is 1.28. The maximum atomic E-state index is 11.0. The highest BCUT2D eigenvalue weighted by atomic mass is 15.1. The zero-order chi connectivity index (χ0) is 39.2. The highest BCUT2D eigenvalue weighted by molar-refractivity contribution is 5.86. The van der Waals surface area contributed by atoms with E-state index in [0.717, 1.165) is 34.1 Å². The Labute approximate surface area is 333 Å². The summed E-state index contributed by atoms with van der Waals surface area (Å²) in [5, 5.41) is 32.9. The first-order valence-corrected chi connectivity index (χ1v) is 18.4. The summed E-state index contributed by atoms with van der Waals surface area (Å²) in [6.07, 6.45) is 11.0. The molecule has 0 N–H and O–H groups in total. The predicted molar refractivity (Wildman–Crippen MR) is 233 cm³/mol. The molecule has 57 heavy (non-hydrogen) atoms. The first-order valence-electron chi connectivity index (χ1n) is 18.4. The fraction of sp³-hybridized carbons (Fsp3) is 0. The number of hydrogen-bond donors (Lipinski definition) is 0. The van der Waals surface area contributed by atoms with E-state index in [0.29, 0.717) is 16.7 Å². The minimum absolute atomic E-state index is 0.206. The number of nitriles is 3. The average molecular weight is 733 g/mol. The van der Waals surface area contributed by atoms with Gasteiger partial charge in [-0.05, 0) is 91.0 Å². The van der Waals surface area contributed by atoms with Crippen molar-refractivity contribution in [2.75, 3.05) is 14.7 Å². The van der Waals surface area contributed by atoms with E-state index in [1.807, 2.05) is 215 Å². The quantitative estimate of drug-likeness (QED) is 0.124. The third-order valence-corrected chi connectivity index (χ3v) is 9.33. The van der Waals surface area contributed by atoms with Crippen LogP contribution in [0.3, 0.4) is 0 Å². The van der Waals surface area contributed by atoms with Gasteiger partial charge in [0.2, 0.25) is 0 Å². The molecular weight excluding hydrogens is 697 g/mol. The molecule has 7 rings (SSSR count). The lowest BCUT2D eigenvalue weighted by Crippen LogP contribution is -2.10. The van der Waals surface area contributed by atoms with Gasteiger partial charge in [-0.3, -0.25) is 0 Å². The second-order valence-electron chi connectivity index (χ2n) is 12.8. The van der Waals surface area contributed by atoms with E-state index in [2.05, 4.69) is 18.2 Å². The Kier molecular flexibility index (Phi) is 11.7. The summed E-state index contributed by atoms with van der Waals surface area (Å²) >= 11 is 0. The molecule has 0 amide bonds. The van der Waals surface area contributed by atoms with Crippen LogP contribution < -0.4 is 14.7 Å². The van der Waals surface area contributed by atoms with E-state index in [4.69, 9.17) is 0 Å². The van der Waals surface area contributed by atoms with Crippen molar-refractivity contribution < 1.29 is 0 Å². The van der Waals surface area contributed by atoms with E-state index in [9.17, 15) is 15.8 Å².